The highest BCUT2D eigenvalue weighted by molar-refractivity contribution is 7.99. The molecule has 0 unspecified atom stereocenters. The van der Waals surface area contributed by atoms with Gasteiger partial charge in [-0.1, -0.05) is 42.8 Å². The van der Waals surface area contributed by atoms with Crippen molar-refractivity contribution in [2.24, 2.45) is 0 Å². The van der Waals surface area contributed by atoms with Crippen molar-refractivity contribution >= 4 is 17.4 Å². The zero-order valence-corrected chi connectivity index (χ0v) is 26.9. The highest BCUT2D eigenvalue weighted by atomic mass is 32.2. The second-order valence-electron chi connectivity index (χ2n) is 12.2. The average Bonchev–Trinajstić information content (AvgIpc) is 3.76. The molecule has 0 radical (unpaired) electrons. The summed E-state index contributed by atoms with van der Waals surface area (Å²) in [6.07, 6.45) is 6.91. The number of aryl methyl sites for hydroxylation is 1. The third kappa shape index (κ3) is 8.77. The number of unbranched alkanes of at least 4 members (excludes halogenated alkanes) is 3. The number of hydrogen-bond donors (Lipinski definition) is 1. The van der Waals surface area contributed by atoms with Crippen LogP contribution in [-0.4, -0.2) is 65.6 Å². The van der Waals surface area contributed by atoms with Crippen molar-refractivity contribution in [1.82, 2.24) is 14.5 Å². The molecule has 44 heavy (non-hydrogen) atoms. The molecular weight excluding hydrogens is 576 g/mol. The van der Waals surface area contributed by atoms with Crippen LogP contribution in [-0.2, 0) is 45.3 Å². The third-order valence-electron chi connectivity index (χ3n) is 8.18. The van der Waals surface area contributed by atoms with Gasteiger partial charge in [-0.25, -0.2) is 4.98 Å². The lowest BCUT2D eigenvalue weighted by Gasteiger charge is -2.33. The molecule has 0 saturated carbocycles. The van der Waals surface area contributed by atoms with E-state index < -0.39 is 5.79 Å². The minimum atomic E-state index is -0.566. The molecule has 10 heteroatoms. The second kappa shape index (κ2) is 15.1. The molecule has 3 aliphatic heterocycles. The van der Waals surface area contributed by atoms with Crippen LogP contribution in [0.5, 0.6) is 5.75 Å². The van der Waals surface area contributed by atoms with Crippen LogP contribution in [0.2, 0.25) is 0 Å². The Labute approximate surface area is 265 Å². The number of benzene rings is 2. The van der Waals surface area contributed by atoms with Crippen LogP contribution in [0.1, 0.15) is 68.0 Å². The van der Waals surface area contributed by atoms with Crippen LogP contribution in [0.25, 0.3) is 0 Å². The normalized spacial score (nSPS) is 19.1. The molecule has 4 heterocycles. The van der Waals surface area contributed by atoms with Gasteiger partial charge in [-0.3, -0.25) is 4.90 Å². The van der Waals surface area contributed by atoms with Crippen molar-refractivity contribution in [2.45, 2.75) is 82.9 Å². The molecule has 1 saturated heterocycles. The van der Waals surface area contributed by atoms with E-state index in [2.05, 4.69) is 68.4 Å². The van der Waals surface area contributed by atoms with Crippen LogP contribution >= 0.6 is 11.8 Å². The lowest BCUT2D eigenvalue weighted by Crippen LogP contribution is -2.35. The van der Waals surface area contributed by atoms with Gasteiger partial charge in [0.05, 0.1) is 51.5 Å². The lowest BCUT2D eigenvalue weighted by molar-refractivity contribution is -0.180. The van der Waals surface area contributed by atoms with Crippen molar-refractivity contribution in [1.29, 1.82) is 0 Å². The summed E-state index contributed by atoms with van der Waals surface area (Å²) in [6.45, 7) is 11.6. The molecule has 0 bridgehead atoms. The Bertz CT molecular complexity index is 1340. The largest absolute Gasteiger partial charge is 0.463 e. The van der Waals surface area contributed by atoms with Gasteiger partial charge >= 0.3 is 0 Å². The predicted molar refractivity (Wildman–Crippen MR) is 172 cm³/mol. The number of anilines is 1. The summed E-state index contributed by atoms with van der Waals surface area (Å²) in [5.74, 6) is 1.48. The van der Waals surface area contributed by atoms with Gasteiger partial charge in [0, 0.05) is 63.3 Å². The molecular formula is C34H46N4O5S. The van der Waals surface area contributed by atoms with E-state index in [1.54, 1.807) is 0 Å². The van der Waals surface area contributed by atoms with Crippen LogP contribution in [0.3, 0.4) is 0 Å². The van der Waals surface area contributed by atoms with Crippen LogP contribution in [0.15, 0.2) is 53.8 Å². The number of nitrogens with one attached hydrogen (secondary N) is 1. The van der Waals surface area contributed by atoms with Crippen molar-refractivity contribution in [3.8, 4) is 5.75 Å². The molecule has 0 amide bonds. The highest BCUT2D eigenvalue weighted by Gasteiger charge is 2.29. The van der Waals surface area contributed by atoms with E-state index in [-0.39, 0.29) is 6.10 Å². The van der Waals surface area contributed by atoms with Crippen LogP contribution in [0, 0.1) is 0 Å². The minimum absolute atomic E-state index is 0.110. The molecule has 1 N–H and O–H groups in total. The number of nitrogens with zero attached hydrogens (tertiary/aromatic N) is 3. The standard InChI is InChI=1S/C34H46N4O5S/c1-34(2)42-24-28-19-27(10-11-31(28)43-34)32-22-37(25-41-32)12-5-3-4-6-14-39-15-16-40-23-26-8-7-9-29(18-26)35-20-30-21-38-13-17-44-33(38)36-30/h7-11,18-19,21,32,35H,3-6,12-17,20,22-25H2,1-2H3/t32-/m0/s1. The molecule has 1 fully saturated rings. The van der Waals surface area contributed by atoms with Crippen LogP contribution < -0.4 is 10.1 Å². The minimum Gasteiger partial charge on any atom is -0.463 e. The number of thioether (sulfide) groups is 1. The Morgan fingerprint density at radius 3 is 2.89 bits per heavy atom. The molecule has 3 aliphatic rings. The van der Waals surface area contributed by atoms with E-state index >= 15 is 0 Å². The number of imidazole rings is 1. The maximum atomic E-state index is 6.10. The fourth-order valence-electron chi connectivity index (χ4n) is 5.76. The maximum absolute atomic E-state index is 6.10. The van der Waals surface area contributed by atoms with Gasteiger partial charge in [0.25, 0.3) is 0 Å². The Hall–Kier alpha value is -2.60. The molecule has 3 aromatic rings. The first-order chi connectivity index (χ1) is 21.5. The molecule has 6 rings (SSSR count). The Morgan fingerprint density at radius 2 is 1.95 bits per heavy atom. The molecule has 2 aromatic carbocycles. The summed E-state index contributed by atoms with van der Waals surface area (Å²) in [5.41, 5.74) is 5.63. The Morgan fingerprint density at radius 1 is 1.05 bits per heavy atom. The van der Waals surface area contributed by atoms with Gasteiger partial charge in [0.1, 0.15) is 5.75 Å². The van der Waals surface area contributed by atoms with E-state index in [0.717, 1.165) is 78.4 Å². The summed E-state index contributed by atoms with van der Waals surface area (Å²) in [6, 6.07) is 14.8. The quantitative estimate of drug-likeness (QED) is 0.183. The zero-order chi connectivity index (χ0) is 30.2. The number of hydrogen-bond acceptors (Lipinski definition) is 9. The van der Waals surface area contributed by atoms with Crippen LogP contribution in [0.4, 0.5) is 5.69 Å². The number of ether oxygens (including phenoxy) is 5. The van der Waals surface area contributed by atoms with E-state index in [0.29, 0.717) is 33.2 Å². The van der Waals surface area contributed by atoms with Crippen molar-refractivity contribution in [2.75, 3.05) is 50.7 Å². The Kier molecular flexibility index (Phi) is 10.8. The predicted octanol–water partition coefficient (Wildman–Crippen LogP) is 6.37. The van der Waals surface area contributed by atoms with Gasteiger partial charge in [-0.2, -0.15) is 0 Å². The van der Waals surface area contributed by atoms with Crippen molar-refractivity contribution in [3.63, 3.8) is 0 Å². The van der Waals surface area contributed by atoms with Crippen molar-refractivity contribution < 1.29 is 23.7 Å². The molecule has 0 aliphatic carbocycles. The number of aromatic nitrogens is 2. The Balaban J connectivity index is 0.771. The molecule has 0 spiro atoms. The maximum Gasteiger partial charge on any atom is 0.205 e. The van der Waals surface area contributed by atoms with Crippen molar-refractivity contribution in [3.05, 3.63) is 71.0 Å². The van der Waals surface area contributed by atoms with Gasteiger partial charge in [0.2, 0.25) is 5.79 Å². The summed E-state index contributed by atoms with van der Waals surface area (Å²) in [7, 11) is 0. The van der Waals surface area contributed by atoms with Gasteiger partial charge in [-0.05, 0) is 48.2 Å². The SMILES string of the molecule is CC1(C)OCc2cc([C@@H]3CN(CCCCCCOCCOCc4cccc(NCc5cn6c(n5)SCC6)c4)CO3)ccc2O1. The molecule has 238 valence electrons. The monoisotopic (exact) mass is 622 g/mol. The average molecular weight is 623 g/mol. The van der Waals surface area contributed by atoms with Gasteiger partial charge in [0.15, 0.2) is 5.16 Å². The second-order valence-corrected chi connectivity index (χ2v) is 13.3. The zero-order valence-electron chi connectivity index (χ0n) is 26.1. The fraction of sp³-hybridized carbons (Fsp3) is 0.559. The number of fused-ring (bicyclic) bond motifs is 2. The molecule has 1 aromatic heterocycles. The summed E-state index contributed by atoms with van der Waals surface area (Å²) < 4.78 is 31.7. The van der Waals surface area contributed by atoms with Gasteiger partial charge in [-0.15, -0.1) is 0 Å². The lowest BCUT2D eigenvalue weighted by atomic mass is 10.0. The van der Waals surface area contributed by atoms with E-state index in [1.165, 1.54) is 24.8 Å². The number of rotatable bonds is 16. The molecule has 1 atom stereocenters. The molecule has 9 nitrogen and oxygen atoms in total. The van der Waals surface area contributed by atoms with Gasteiger partial charge < -0.3 is 33.6 Å². The van der Waals surface area contributed by atoms with E-state index in [4.69, 9.17) is 23.7 Å². The fourth-order valence-corrected chi connectivity index (χ4v) is 6.73. The summed E-state index contributed by atoms with van der Waals surface area (Å²) >= 11 is 1.83. The third-order valence-corrected chi connectivity index (χ3v) is 9.15. The van der Waals surface area contributed by atoms with E-state index in [1.807, 2.05) is 25.6 Å². The van der Waals surface area contributed by atoms with E-state index in [9.17, 15) is 0 Å². The smallest absolute Gasteiger partial charge is 0.205 e. The topological polar surface area (TPSA) is 79.2 Å². The first kappa shape index (κ1) is 31.4. The summed E-state index contributed by atoms with van der Waals surface area (Å²) in [5, 5.41) is 4.61. The first-order valence-electron chi connectivity index (χ1n) is 16.0. The summed E-state index contributed by atoms with van der Waals surface area (Å²) in [4.78, 5) is 7.09. The first-order valence-corrected chi connectivity index (χ1v) is 17.0. The highest BCUT2D eigenvalue weighted by Crippen LogP contribution is 2.35.